The fourth-order valence-corrected chi connectivity index (χ4v) is 7.89. The Balaban J connectivity index is 1.53. The van der Waals surface area contributed by atoms with Gasteiger partial charge in [0, 0.05) is 51.5 Å². The number of amides is 2. The van der Waals surface area contributed by atoms with Gasteiger partial charge in [-0.1, -0.05) is 53.0 Å². The predicted octanol–water partition coefficient (Wildman–Crippen LogP) is 5.29. The summed E-state index contributed by atoms with van der Waals surface area (Å²) in [7, 11) is -3.25. The Morgan fingerprint density at radius 1 is 0.976 bits per heavy atom. The SMILES string of the molecule is CS(=O)(=O)C1CCN(Oc2ccc(Cl)cc2[C@H]2NC(=O)C[C@@H](c3cccc(Cl)c3)[C@]23C(=O)Nc2cc(Cl)ccc23)C1. The van der Waals surface area contributed by atoms with Crippen LogP contribution in [0.2, 0.25) is 15.1 Å². The second-order valence-corrected chi connectivity index (χ2v) is 14.4. The van der Waals surface area contributed by atoms with Crippen LogP contribution in [0.5, 0.6) is 5.75 Å². The fraction of sp³-hybridized carbons (Fsp3) is 0.310. The van der Waals surface area contributed by atoms with Crippen molar-refractivity contribution >= 4 is 62.1 Å². The van der Waals surface area contributed by atoms with Gasteiger partial charge in [0.15, 0.2) is 15.6 Å². The first kappa shape index (κ1) is 28.3. The Kier molecular flexibility index (Phi) is 7.23. The second kappa shape index (κ2) is 10.5. The maximum Gasteiger partial charge on any atom is 0.238 e. The fourth-order valence-electron chi connectivity index (χ4n) is 6.37. The number of benzene rings is 3. The van der Waals surface area contributed by atoms with E-state index in [1.807, 2.05) is 6.07 Å². The third-order valence-corrected chi connectivity index (χ3v) is 10.5. The molecule has 8 nitrogen and oxygen atoms in total. The van der Waals surface area contributed by atoms with Gasteiger partial charge in [0.05, 0.1) is 17.8 Å². The van der Waals surface area contributed by atoms with E-state index in [0.717, 1.165) is 5.56 Å². The lowest BCUT2D eigenvalue weighted by atomic mass is 9.59. The van der Waals surface area contributed by atoms with Crippen LogP contribution >= 0.6 is 34.8 Å². The zero-order valence-electron chi connectivity index (χ0n) is 21.9. The number of rotatable bonds is 5. The predicted molar refractivity (Wildman–Crippen MR) is 158 cm³/mol. The first-order valence-electron chi connectivity index (χ1n) is 13.0. The number of carbonyl (C=O) groups is 2. The molecule has 0 radical (unpaired) electrons. The van der Waals surface area contributed by atoms with E-state index in [9.17, 15) is 18.0 Å². The topological polar surface area (TPSA) is 105 Å². The van der Waals surface area contributed by atoms with Crippen molar-refractivity contribution in [2.45, 2.75) is 35.5 Å². The summed E-state index contributed by atoms with van der Waals surface area (Å²) in [5, 5.41) is 8.43. The highest BCUT2D eigenvalue weighted by atomic mass is 35.5. The van der Waals surface area contributed by atoms with Gasteiger partial charge in [-0.3, -0.25) is 9.59 Å². The van der Waals surface area contributed by atoms with Crippen molar-refractivity contribution in [3.05, 3.63) is 92.4 Å². The molecule has 3 aliphatic heterocycles. The first-order valence-corrected chi connectivity index (χ1v) is 16.1. The van der Waals surface area contributed by atoms with Crippen molar-refractivity contribution in [2.24, 2.45) is 0 Å². The van der Waals surface area contributed by atoms with Crippen LogP contribution in [-0.2, 0) is 24.8 Å². The van der Waals surface area contributed by atoms with E-state index in [0.29, 0.717) is 50.6 Å². The number of anilines is 1. The molecule has 2 fully saturated rings. The van der Waals surface area contributed by atoms with Gasteiger partial charge in [-0.05, 0) is 60.0 Å². The summed E-state index contributed by atoms with van der Waals surface area (Å²) in [6.45, 7) is 0.588. The van der Waals surface area contributed by atoms with Crippen molar-refractivity contribution in [3.63, 3.8) is 0 Å². The molecular formula is C29H26Cl3N3O5S. The Morgan fingerprint density at radius 3 is 2.44 bits per heavy atom. The molecule has 214 valence electrons. The van der Waals surface area contributed by atoms with Crippen LogP contribution in [0.3, 0.4) is 0 Å². The minimum absolute atomic E-state index is 0.0330. The summed E-state index contributed by atoms with van der Waals surface area (Å²) in [5.74, 6) is -0.815. The molecule has 12 heteroatoms. The smallest absolute Gasteiger partial charge is 0.238 e. The lowest BCUT2D eigenvalue weighted by molar-refractivity contribution is -0.131. The van der Waals surface area contributed by atoms with Gasteiger partial charge >= 0.3 is 0 Å². The molecule has 0 saturated carbocycles. The molecule has 0 aliphatic carbocycles. The van der Waals surface area contributed by atoms with Crippen molar-refractivity contribution in [1.29, 1.82) is 0 Å². The van der Waals surface area contributed by atoms with Gasteiger partial charge in [-0.15, -0.1) is 5.06 Å². The molecule has 1 spiro atoms. The normalized spacial score (nSPS) is 26.1. The molecule has 3 aromatic rings. The molecule has 1 unspecified atom stereocenters. The minimum Gasteiger partial charge on any atom is -0.406 e. The van der Waals surface area contributed by atoms with Crippen LogP contribution in [0.25, 0.3) is 0 Å². The van der Waals surface area contributed by atoms with E-state index >= 15 is 0 Å². The third-order valence-electron chi connectivity index (χ3n) is 8.23. The number of nitrogens with zero attached hydrogens (tertiary/aromatic N) is 1. The van der Waals surface area contributed by atoms with Gasteiger partial charge in [-0.2, -0.15) is 0 Å². The van der Waals surface area contributed by atoms with Crippen molar-refractivity contribution in [2.75, 3.05) is 24.7 Å². The van der Waals surface area contributed by atoms with Crippen LogP contribution in [0, 0.1) is 0 Å². The summed E-state index contributed by atoms with van der Waals surface area (Å²) < 4.78 is 24.3. The number of hydroxylamine groups is 2. The molecule has 3 aromatic carbocycles. The summed E-state index contributed by atoms with van der Waals surface area (Å²) in [6, 6.07) is 16.5. The number of carbonyl (C=O) groups excluding carboxylic acids is 2. The lowest BCUT2D eigenvalue weighted by Crippen LogP contribution is -2.57. The van der Waals surface area contributed by atoms with E-state index in [-0.39, 0.29) is 24.8 Å². The molecule has 41 heavy (non-hydrogen) atoms. The van der Waals surface area contributed by atoms with Crippen molar-refractivity contribution in [1.82, 2.24) is 10.4 Å². The monoisotopic (exact) mass is 633 g/mol. The minimum atomic E-state index is -3.25. The Morgan fingerprint density at radius 2 is 1.71 bits per heavy atom. The summed E-state index contributed by atoms with van der Waals surface area (Å²) in [4.78, 5) is 33.9. The van der Waals surface area contributed by atoms with Crippen LogP contribution in [0.1, 0.15) is 41.5 Å². The average Bonchev–Trinajstić information content (AvgIpc) is 3.49. The molecule has 3 heterocycles. The summed E-state index contributed by atoms with van der Waals surface area (Å²) >= 11 is 19.2. The average molecular weight is 635 g/mol. The molecule has 6 rings (SSSR count). The summed E-state index contributed by atoms with van der Waals surface area (Å²) in [5.41, 5.74) is 1.12. The number of fused-ring (bicyclic) bond motifs is 2. The van der Waals surface area contributed by atoms with Gasteiger partial charge in [-0.25, -0.2) is 8.42 Å². The van der Waals surface area contributed by atoms with Gasteiger partial charge in [0.1, 0.15) is 5.41 Å². The maximum absolute atomic E-state index is 14.3. The number of hydrogen-bond acceptors (Lipinski definition) is 6. The molecule has 3 aliphatic rings. The zero-order valence-corrected chi connectivity index (χ0v) is 24.9. The Hall–Kier alpha value is -2.82. The molecule has 0 aromatic heterocycles. The Bertz CT molecular complexity index is 1680. The second-order valence-electron chi connectivity index (χ2n) is 10.7. The van der Waals surface area contributed by atoms with Gasteiger partial charge < -0.3 is 15.5 Å². The highest BCUT2D eigenvalue weighted by molar-refractivity contribution is 7.91. The van der Waals surface area contributed by atoms with E-state index in [1.165, 1.54) is 6.26 Å². The Labute approximate surface area is 252 Å². The largest absolute Gasteiger partial charge is 0.406 e. The molecular weight excluding hydrogens is 609 g/mol. The standard InChI is InChI=1S/C29H26Cl3N3O5S/c1-41(38,39)20-9-10-35(15-20)40-25-8-6-18(31)12-21(25)27-29(22-7-5-19(32)13-24(22)33-28(29)37)23(14-26(36)34-27)16-3-2-4-17(30)11-16/h2-8,11-13,20,23,27H,9-10,14-15H2,1H3,(H,33,37)(H,34,36)/t20?,23-,27+,29-/m0/s1. The van der Waals surface area contributed by atoms with Crippen LogP contribution in [-0.4, -0.2) is 49.9 Å². The van der Waals surface area contributed by atoms with Gasteiger partial charge in [0.2, 0.25) is 11.8 Å². The van der Waals surface area contributed by atoms with Crippen LogP contribution in [0.15, 0.2) is 60.7 Å². The number of hydrogen-bond donors (Lipinski definition) is 2. The van der Waals surface area contributed by atoms with Gasteiger partial charge in [0.25, 0.3) is 0 Å². The third kappa shape index (κ3) is 4.97. The number of nitrogens with one attached hydrogen (secondary N) is 2. The van der Waals surface area contributed by atoms with E-state index in [4.69, 9.17) is 39.6 Å². The maximum atomic E-state index is 14.3. The van der Waals surface area contributed by atoms with E-state index in [2.05, 4.69) is 10.6 Å². The van der Waals surface area contributed by atoms with Crippen LogP contribution < -0.4 is 15.5 Å². The molecule has 2 saturated heterocycles. The summed E-state index contributed by atoms with van der Waals surface area (Å²) in [6.07, 6.45) is 1.68. The molecule has 2 amide bonds. The highest BCUT2D eigenvalue weighted by Gasteiger charge is 2.61. The van der Waals surface area contributed by atoms with E-state index in [1.54, 1.807) is 59.7 Å². The zero-order chi connectivity index (χ0) is 29.1. The lowest BCUT2D eigenvalue weighted by Gasteiger charge is -2.46. The van der Waals surface area contributed by atoms with E-state index < -0.39 is 32.5 Å². The van der Waals surface area contributed by atoms with Crippen molar-refractivity contribution < 1.29 is 22.8 Å². The quantitative estimate of drug-likeness (QED) is 0.395. The number of sulfone groups is 1. The number of piperidine rings is 1. The van der Waals surface area contributed by atoms with Crippen molar-refractivity contribution in [3.8, 4) is 5.75 Å². The molecule has 4 atom stereocenters. The first-order chi connectivity index (χ1) is 19.5. The molecule has 2 N–H and O–H groups in total. The highest BCUT2D eigenvalue weighted by Crippen LogP contribution is 2.58. The molecule has 0 bridgehead atoms. The van der Waals surface area contributed by atoms with Crippen LogP contribution in [0.4, 0.5) is 5.69 Å². The number of halogens is 3.